The number of nitrogens with one attached hydrogen (secondary N) is 1. The molecule has 0 aromatic carbocycles. The smallest absolute Gasteiger partial charge is 0.280 e. The number of piperidine rings is 3. The predicted molar refractivity (Wildman–Crippen MR) is 85.8 cm³/mol. The van der Waals surface area contributed by atoms with Crippen molar-refractivity contribution in [3.8, 4) is 9.75 Å². The molecule has 5 heterocycles. The van der Waals surface area contributed by atoms with Gasteiger partial charge in [0.15, 0.2) is 5.01 Å². The van der Waals surface area contributed by atoms with Gasteiger partial charge in [0, 0.05) is 23.7 Å². The number of amides is 1. The van der Waals surface area contributed by atoms with Gasteiger partial charge in [-0.15, -0.1) is 22.7 Å². The lowest BCUT2D eigenvalue weighted by atomic mass is 9.84. The first-order chi connectivity index (χ1) is 10.3. The van der Waals surface area contributed by atoms with Crippen molar-refractivity contribution in [2.45, 2.75) is 18.9 Å². The van der Waals surface area contributed by atoms with Crippen molar-refractivity contribution in [1.82, 2.24) is 15.2 Å². The van der Waals surface area contributed by atoms with E-state index in [1.807, 2.05) is 17.6 Å². The van der Waals surface area contributed by atoms with Crippen LogP contribution < -0.4 is 5.32 Å². The highest BCUT2D eigenvalue weighted by Crippen LogP contribution is 2.31. The molecule has 2 aromatic rings. The number of aromatic nitrogens is 1. The molecule has 0 radical (unpaired) electrons. The first kappa shape index (κ1) is 13.4. The zero-order chi connectivity index (χ0) is 14.2. The number of hydrogen-bond donors (Lipinski definition) is 1. The fraction of sp³-hybridized carbons (Fsp3) is 0.467. The second-order valence-corrected chi connectivity index (χ2v) is 7.70. The molecule has 0 spiro atoms. The lowest BCUT2D eigenvalue weighted by Gasteiger charge is -2.44. The summed E-state index contributed by atoms with van der Waals surface area (Å²) in [6.45, 7) is 3.38. The van der Waals surface area contributed by atoms with Gasteiger partial charge in [-0.25, -0.2) is 4.98 Å². The Hall–Kier alpha value is -1.24. The van der Waals surface area contributed by atoms with Gasteiger partial charge >= 0.3 is 0 Å². The van der Waals surface area contributed by atoms with Gasteiger partial charge in [0.25, 0.3) is 5.91 Å². The van der Waals surface area contributed by atoms with Crippen LogP contribution in [-0.2, 0) is 0 Å². The molecular formula is C15H17N3OS2. The summed E-state index contributed by atoms with van der Waals surface area (Å²) in [5, 5.41) is 5.82. The molecule has 0 unspecified atom stereocenters. The average molecular weight is 319 g/mol. The minimum Gasteiger partial charge on any atom is -0.346 e. The summed E-state index contributed by atoms with van der Waals surface area (Å²) in [5.74, 6) is 0.636. The van der Waals surface area contributed by atoms with Gasteiger partial charge < -0.3 is 10.2 Å². The van der Waals surface area contributed by atoms with Crippen LogP contribution in [-0.4, -0.2) is 41.5 Å². The van der Waals surface area contributed by atoms with Gasteiger partial charge in [0.05, 0.1) is 4.88 Å². The molecule has 3 aliphatic rings. The highest BCUT2D eigenvalue weighted by Gasteiger charge is 2.35. The molecule has 2 bridgehead atoms. The molecule has 4 nitrogen and oxygen atoms in total. The van der Waals surface area contributed by atoms with E-state index in [-0.39, 0.29) is 5.91 Å². The molecule has 3 fully saturated rings. The Morgan fingerprint density at radius 3 is 2.86 bits per heavy atom. The van der Waals surface area contributed by atoms with Crippen LogP contribution in [0.15, 0.2) is 23.7 Å². The van der Waals surface area contributed by atoms with Crippen LogP contribution in [0.5, 0.6) is 0 Å². The number of nitrogens with zero attached hydrogens (tertiary/aromatic N) is 2. The Labute approximate surface area is 131 Å². The van der Waals surface area contributed by atoms with E-state index in [0.717, 1.165) is 11.4 Å². The fourth-order valence-corrected chi connectivity index (χ4v) is 4.91. The zero-order valence-corrected chi connectivity index (χ0v) is 13.3. The number of carbonyl (C=O) groups is 1. The third-order valence-electron chi connectivity index (χ3n) is 4.44. The van der Waals surface area contributed by atoms with E-state index >= 15 is 0 Å². The molecule has 5 rings (SSSR count). The van der Waals surface area contributed by atoms with Crippen molar-refractivity contribution in [1.29, 1.82) is 0 Å². The Balaban J connectivity index is 1.46. The van der Waals surface area contributed by atoms with Crippen molar-refractivity contribution in [3.63, 3.8) is 0 Å². The predicted octanol–water partition coefficient (Wildman–Crippen LogP) is 2.70. The molecule has 1 atom stereocenters. The summed E-state index contributed by atoms with van der Waals surface area (Å²) in [7, 11) is 0. The van der Waals surface area contributed by atoms with Crippen molar-refractivity contribution in [3.05, 3.63) is 28.7 Å². The third-order valence-corrected chi connectivity index (χ3v) is 6.50. The standard InChI is InChI=1S/C15H17N3OS2/c19-14(17-11-9-18-5-3-10(11)4-6-18)15-16-8-13(21-15)12-2-1-7-20-12/h1-2,7-8,10-11H,3-6,9H2,(H,17,19)/t11-/m0/s1. The summed E-state index contributed by atoms with van der Waals surface area (Å²) in [4.78, 5) is 21.4. The SMILES string of the molecule is O=C(N[C@H]1CN2CCC1CC2)c1ncc(-c2cccs2)s1. The van der Waals surface area contributed by atoms with Gasteiger partial charge in [-0.1, -0.05) is 6.07 Å². The van der Waals surface area contributed by atoms with Crippen molar-refractivity contribution in [2.75, 3.05) is 19.6 Å². The Morgan fingerprint density at radius 2 is 2.19 bits per heavy atom. The van der Waals surface area contributed by atoms with Crippen LogP contribution in [0.1, 0.15) is 22.6 Å². The van der Waals surface area contributed by atoms with E-state index in [4.69, 9.17) is 0 Å². The molecule has 3 saturated heterocycles. The first-order valence-corrected chi connectivity index (χ1v) is 9.02. The molecular weight excluding hydrogens is 302 g/mol. The normalized spacial score (nSPS) is 27.7. The quantitative estimate of drug-likeness (QED) is 0.946. The number of fused-ring (bicyclic) bond motifs is 3. The molecule has 6 heteroatoms. The Morgan fingerprint density at radius 1 is 1.33 bits per heavy atom. The topological polar surface area (TPSA) is 45.2 Å². The van der Waals surface area contributed by atoms with E-state index < -0.39 is 0 Å². The molecule has 1 N–H and O–H groups in total. The van der Waals surface area contributed by atoms with Crippen molar-refractivity contribution < 1.29 is 4.79 Å². The number of carbonyl (C=O) groups excluding carboxylic acids is 1. The molecule has 1 amide bonds. The van der Waals surface area contributed by atoms with Gasteiger partial charge in [-0.05, 0) is 43.3 Å². The molecule has 21 heavy (non-hydrogen) atoms. The van der Waals surface area contributed by atoms with Crippen LogP contribution in [0.3, 0.4) is 0 Å². The van der Waals surface area contributed by atoms with Gasteiger partial charge in [-0.3, -0.25) is 4.79 Å². The maximum absolute atomic E-state index is 12.4. The number of hydrogen-bond acceptors (Lipinski definition) is 5. The largest absolute Gasteiger partial charge is 0.346 e. The van der Waals surface area contributed by atoms with Crippen LogP contribution in [0.25, 0.3) is 9.75 Å². The Kier molecular flexibility index (Phi) is 3.52. The third kappa shape index (κ3) is 2.63. The summed E-state index contributed by atoms with van der Waals surface area (Å²) < 4.78 is 0. The maximum Gasteiger partial charge on any atom is 0.280 e. The molecule has 2 aromatic heterocycles. The van der Waals surface area contributed by atoms with E-state index in [1.54, 1.807) is 11.3 Å². The maximum atomic E-state index is 12.4. The molecule has 0 saturated carbocycles. The number of rotatable bonds is 3. The molecule has 110 valence electrons. The van der Waals surface area contributed by atoms with E-state index in [2.05, 4.69) is 21.3 Å². The van der Waals surface area contributed by atoms with E-state index in [0.29, 0.717) is 17.0 Å². The van der Waals surface area contributed by atoms with E-state index in [9.17, 15) is 4.79 Å². The summed E-state index contributed by atoms with van der Waals surface area (Å²) >= 11 is 3.16. The van der Waals surface area contributed by atoms with Crippen LogP contribution >= 0.6 is 22.7 Å². The minimum atomic E-state index is -0.0124. The summed E-state index contributed by atoms with van der Waals surface area (Å²) in [6.07, 6.45) is 4.23. The van der Waals surface area contributed by atoms with Crippen molar-refractivity contribution in [2.24, 2.45) is 5.92 Å². The van der Waals surface area contributed by atoms with Gasteiger partial charge in [-0.2, -0.15) is 0 Å². The monoisotopic (exact) mass is 319 g/mol. The average Bonchev–Trinajstić information content (AvgIpc) is 3.20. The second kappa shape index (κ2) is 5.51. The van der Waals surface area contributed by atoms with Crippen LogP contribution in [0.2, 0.25) is 0 Å². The highest BCUT2D eigenvalue weighted by molar-refractivity contribution is 7.22. The highest BCUT2D eigenvalue weighted by atomic mass is 32.1. The van der Waals surface area contributed by atoms with Crippen LogP contribution in [0.4, 0.5) is 0 Å². The Bertz CT molecular complexity index is 629. The van der Waals surface area contributed by atoms with E-state index in [1.165, 1.54) is 42.1 Å². The number of thiazole rings is 1. The second-order valence-electron chi connectivity index (χ2n) is 5.72. The minimum absolute atomic E-state index is 0.0124. The summed E-state index contributed by atoms with van der Waals surface area (Å²) in [6, 6.07) is 4.38. The molecule has 3 aliphatic heterocycles. The fourth-order valence-electron chi connectivity index (χ4n) is 3.27. The summed E-state index contributed by atoms with van der Waals surface area (Å²) in [5.41, 5.74) is 0. The van der Waals surface area contributed by atoms with Crippen LogP contribution in [0, 0.1) is 5.92 Å². The lowest BCUT2D eigenvalue weighted by molar-refractivity contribution is 0.0620. The van der Waals surface area contributed by atoms with Gasteiger partial charge in [0.1, 0.15) is 0 Å². The van der Waals surface area contributed by atoms with Gasteiger partial charge in [0.2, 0.25) is 0 Å². The number of thiophene rings is 1. The van der Waals surface area contributed by atoms with Crippen molar-refractivity contribution >= 4 is 28.6 Å². The zero-order valence-electron chi connectivity index (χ0n) is 11.6. The molecule has 0 aliphatic carbocycles. The first-order valence-electron chi connectivity index (χ1n) is 7.32. The lowest BCUT2D eigenvalue weighted by Crippen LogP contribution is -2.57.